The van der Waals surface area contributed by atoms with Crippen LogP contribution in [-0.4, -0.2) is 26.1 Å². The second-order valence-corrected chi connectivity index (χ2v) is 7.80. The zero-order chi connectivity index (χ0) is 19.3. The van der Waals surface area contributed by atoms with Crippen LogP contribution in [0.1, 0.15) is 26.8 Å². The third-order valence-corrected chi connectivity index (χ3v) is 5.75. The second-order valence-electron chi connectivity index (χ2n) is 6.85. The number of aromatic amines is 2. The summed E-state index contributed by atoms with van der Waals surface area (Å²) in [6, 6.07) is 12.7. The van der Waals surface area contributed by atoms with Crippen LogP contribution in [0, 0.1) is 6.92 Å². The Morgan fingerprint density at radius 1 is 1.18 bits per heavy atom. The van der Waals surface area contributed by atoms with Crippen LogP contribution in [0.2, 0.25) is 0 Å². The molecule has 0 saturated carbocycles. The molecule has 0 aliphatic heterocycles. The molecule has 138 valence electrons. The molecular formula is C21H17N5OS. The number of carbonyl (C=O) groups is 1. The Kier molecular flexibility index (Phi) is 3.77. The fourth-order valence-electron chi connectivity index (χ4n) is 3.64. The monoisotopic (exact) mass is 387 g/mol. The molecule has 5 rings (SSSR count). The van der Waals surface area contributed by atoms with Crippen LogP contribution in [-0.2, 0) is 6.42 Å². The van der Waals surface area contributed by atoms with Crippen LogP contribution in [0.4, 0.5) is 0 Å². The van der Waals surface area contributed by atoms with Crippen LogP contribution in [0.5, 0.6) is 0 Å². The van der Waals surface area contributed by atoms with Gasteiger partial charge >= 0.3 is 0 Å². The molecule has 0 radical (unpaired) electrons. The molecule has 5 aromatic rings. The lowest BCUT2D eigenvalue weighted by Crippen LogP contribution is -2.11. The third kappa shape index (κ3) is 2.76. The van der Waals surface area contributed by atoms with E-state index in [1.165, 1.54) is 16.7 Å². The van der Waals surface area contributed by atoms with Gasteiger partial charge in [-0.05, 0) is 47.9 Å². The number of nitrogens with one attached hydrogen (secondary N) is 2. The first-order valence-corrected chi connectivity index (χ1v) is 9.75. The number of amides is 1. The van der Waals surface area contributed by atoms with E-state index in [1.807, 2.05) is 6.20 Å². The summed E-state index contributed by atoms with van der Waals surface area (Å²) in [4.78, 5) is 19.1. The maximum atomic E-state index is 11.4. The van der Waals surface area contributed by atoms with Crippen LogP contribution in [0.15, 0.2) is 48.0 Å². The number of hydrogen-bond acceptors (Lipinski definition) is 4. The molecule has 4 N–H and O–H groups in total. The number of H-pyrrole nitrogens is 2. The number of aromatic nitrogens is 4. The smallest absolute Gasteiger partial charge is 0.268 e. The van der Waals surface area contributed by atoms with Crippen molar-refractivity contribution < 1.29 is 4.79 Å². The molecule has 2 aromatic carbocycles. The van der Waals surface area contributed by atoms with Crippen molar-refractivity contribution in [1.29, 1.82) is 0 Å². The van der Waals surface area contributed by atoms with Crippen molar-refractivity contribution in [3.05, 3.63) is 69.9 Å². The van der Waals surface area contributed by atoms with E-state index in [-0.39, 0.29) is 0 Å². The minimum absolute atomic E-state index is 0.312. The Bertz CT molecular complexity index is 1340. The van der Waals surface area contributed by atoms with Gasteiger partial charge in [-0.25, -0.2) is 4.98 Å². The zero-order valence-electron chi connectivity index (χ0n) is 15.1. The van der Waals surface area contributed by atoms with Crippen molar-refractivity contribution in [3.63, 3.8) is 0 Å². The zero-order valence-corrected chi connectivity index (χ0v) is 15.9. The molecule has 7 heteroatoms. The summed E-state index contributed by atoms with van der Waals surface area (Å²) >= 11 is 1.44. The fourth-order valence-corrected chi connectivity index (χ4v) is 4.45. The first-order chi connectivity index (χ1) is 13.6. The van der Waals surface area contributed by atoms with Gasteiger partial charge in [0, 0.05) is 33.8 Å². The normalized spacial score (nSPS) is 11.5. The van der Waals surface area contributed by atoms with E-state index in [9.17, 15) is 4.79 Å². The lowest BCUT2D eigenvalue weighted by atomic mass is 9.96. The van der Waals surface area contributed by atoms with Crippen LogP contribution < -0.4 is 5.73 Å². The molecule has 0 saturated heterocycles. The second kappa shape index (κ2) is 6.31. The summed E-state index contributed by atoms with van der Waals surface area (Å²) in [6.07, 6.45) is 2.45. The van der Waals surface area contributed by atoms with Crippen LogP contribution in [0.25, 0.3) is 32.9 Å². The lowest BCUT2D eigenvalue weighted by Gasteiger charge is -2.08. The summed E-state index contributed by atoms with van der Waals surface area (Å²) in [5.41, 5.74) is 12.3. The van der Waals surface area contributed by atoms with E-state index >= 15 is 0 Å². The molecule has 3 heterocycles. The highest BCUT2D eigenvalue weighted by molar-refractivity contribution is 7.09. The average molecular weight is 387 g/mol. The Morgan fingerprint density at radius 2 is 2.07 bits per heavy atom. The van der Waals surface area contributed by atoms with Gasteiger partial charge in [-0.1, -0.05) is 12.1 Å². The third-order valence-electron chi connectivity index (χ3n) is 4.90. The van der Waals surface area contributed by atoms with E-state index in [0.717, 1.165) is 43.8 Å². The number of rotatable bonds is 4. The van der Waals surface area contributed by atoms with Gasteiger partial charge < -0.3 is 10.7 Å². The number of hydrogen-bond donors (Lipinski definition) is 3. The summed E-state index contributed by atoms with van der Waals surface area (Å²) < 4.78 is 0. The molecule has 6 nitrogen and oxygen atoms in total. The topological polar surface area (TPSA) is 100 Å². The van der Waals surface area contributed by atoms with E-state index in [0.29, 0.717) is 12.1 Å². The number of carbonyl (C=O) groups excluding carboxylic acids is 1. The first-order valence-electron chi connectivity index (χ1n) is 8.87. The van der Waals surface area contributed by atoms with Gasteiger partial charge in [0.15, 0.2) is 0 Å². The molecule has 0 aliphatic rings. The number of fused-ring (bicyclic) bond motifs is 2. The van der Waals surface area contributed by atoms with E-state index in [1.54, 1.807) is 5.38 Å². The van der Waals surface area contributed by atoms with Crippen molar-refractivity contribution in [2.45, 2.75) is 13.3 Å². The van der Waals surface area contributed by atoms with Gasteiger partial charge in [-0.15, -0.1) is 11.3 Å². The van der Waals surface area contributed by atoms with Crippen LogP contribution >= 0.6 is 11.3 Å². The molecular weight excluding hydrogens is 370 g/mol. The summed E-state index contributed by atoms with van der Waals surface area (Å²) in [5.74, 6) is -0.501. The summed E-state index contributed by atoms with van der Waals surface area (Å²) in [5, 5.41) is 12.1. The molecule has 0 spiro atoms. The van der Waals surface area contributed by atoms with Gasteiger partial charge in [0.1, 0.15) is 5.69 Å². The Balaban J connectivity index is 1.65. The highest BCUT2D eigenvalue weighted by Gasteiger charge is 2.14. The van der Waals surface area contributed by atoms with Crippen LogP contribution in [0.3, 0.4) is 0 Å². The van der Waals surface area contributed by atoms with Gasteiger partial charge in [-0.3, -0.25) is 9.89 Å². The number of primary amides is 1. The molecule has 0 aliphatic carbocycles. The first kappa shape index (κ1) is 16.7. The maximum absolute atomic E-state index is 11.4. The maximum Gasteiger partial charge on any atom is 0.268 e. The van der Waals surface area contributed by atoms with Gasteiger partial charge in [0.2, 0.25) is 0 Å². The molecule has 0 fully saturated rings. The Morgan fingerprint density at radius 3 is 2.89 bits per heavy atom. The van der Waals surface area contributed by atoms with Gasteiger partial charge in [0.05, 0.1) is 16.7 Å². The minimum atomic E-state index is -0.501. The lowest BCUT2D eigenvalue weighted by molar-refractivity contribution is 0.0996. The van der Waals surface area contributed by atoms with Gasteiger partial charge in [0.25, 0.3) is 5.91 Å². The largest absolute Gasteiger partial charge is 0.364 e. The number of thiazole rings is 1. The Hall–Kier alpha value is -3.45. The predicted octanol–water partition coefficient (Wildman–Crippen LogP) is 4.17. The number of nitrogens with zero attached hydrogens (tertiary/aromatic N) is 2. The van der Waals surface area contributed by atoms with Crippen molar-refractivity contribution in [3.8, 4) is 11.1 Å². The number of benzene rings is 2. The molecule has 0 atom stereocenters. The quantitative estimate of drug-likeness (QED) is 0.431. The fraction of sp³-hybridized carbons (Fsp3) is 0.0952. The molecule has 0 bridgehead atoms. The number of aryl methyl sites for hydroxylation is 1. The SMILES string of the molecule is Cc1cc2c(-c3cc(Cc4nc(C(N)=O)cs4)c4cn[nH]c4c3)cccc2[nH]1. The van der Waals surface area contributed by atoms with Crippen molar-refractivity contribution in [2.24, 2.45) is 5.73 Å². The molecule has 0 unspecified atom stereocenters. The van der Waals surface area contributed by atoms with E-state index in [2.05, 4.69) is 63.5 Å². The number of nitrogens with two attached hydrogens (primary N) is 1. The highest BCUT2D eigenvalue weighted by atomic mass is 32.1. The van der Waals surface area contributed by atoms with Crippen molar-refractivity contribution >= 4 is 39.0 Å². The molecule has 28 heavy (non-hydrogen) atoms. The molecule has 3 aromatic heterocycles. The minimum Gasteiger partial charge on any atom is -0.364 e. The standard InChI is InChI=1S/C21H17N5OS/c1-11-5-15-14(3-2-4-17(15)24-11)12-6-13(16-9-23-26-18(16)7-12)8-20-25-19(10-28-20)21(22)27/h2-7,9-10,24H,8H2,1H3,(H2,22,27)(H,23,26). The predicted molar refractivity (Wildman–Crippen MR) is 112 cm³/mol. The van der Waals surface area contributed by atoms with E-state index in [4.69, 9.17) is 5.73 Å². The summed E-state index contributed by atoms with van der Waals surface area (Å²) in [6.45, 7) is 2.06. The summed E-state index contributed by atoms with van der Waals surface area (Å²) in [7, 11) is 0. The van der Waals surface area contributed by atoms with Crippen molar-refractivity contribution in [1.82, 2.24) is 20.2 Å². The van der Waals surface area contributed by atoms with Crippen molar-refractivity contribution in [2.75, 3.05) is 0 Å². The average Bonchev–Trinajstić information content (AvgIpc) is 3.39. The van der Waals surface area contributed by atoms with Gasteiger partial charge in [-0.2, -0.15) is 5.10 Å². The molecule has 1 amide bonds. The van der Waals surface area contributed by atoms with E-state index < -0.39 is 5.91 Å². The Labute approximate surface area is 164 Å². The highest BCUT2D eigenvalue weighted by Crippen LogP contribution is 2.33.